The summed E-state index contributed by atoms with van der Waals surface area (Å²) >= 11 is 0. The van der Waals surface area contributed by atoms with Gasteiger partial charge in [0.15, 0.2) is 0 Å². The summed E-state index contributed by atoms with van der Waals surface area (Å²) < 4.78 is 11.4. The molecule has 1 saturated heterocycles. The predicted molar refractivity (Wildman–Crippen MR) is 66.8 cm³/mol. The Morgan fingerprint density at radius 3 is 2.69 bits per heavy atom. The van der Waals surface area contributed by atoms with Crippen LogP contribution in [0.3, 0.4) is 0 Å². The molecule has 1 fully saturated rings. The molecule has 0 aliphatic carbocycles. The molecule has 0 aromatic rings. The van der Waals surface area contributed by atoms with E-state index in [4.69, 9.17) is 9.47 Å². The molecule has 1 aliphatic heterocycles. The highest BCUT2D eigenvalue weighted by Crippen LogP contribution is 2.21. The number of hydrogen-bond donors (Lipinski definition) is 0. The first-order chi connectivity index (χ1) is 7.45. The van der Waals surface area contributed by atoms with E-state index in [1.54, 1.807) is 0 Å². The number of ether oxygens (including phenoxy) is 2. The second-order valence-corrected chi connectivity index (χ2v) is 5.49. The fraction of sp³-hybridized carbons (Fsp3) is 1.00. The highest BCUT2D eigenvalue weighted by molar-refractivity contribution is 4.84. The van der Waals surface area contributed by atoms with Crippen molar-refractivity contribution in [2.75, 3.05) is 26.3 Å². The molecule has 1 rings (SSSR count). The summed E-state index contributed by atoms with van der Waals surface area (Å²) in [5, 5.41) is 0. The third-order valence-electron chi connectivity index (χ3n) is 3.48. The first-order valence-corrected chi connectivity index (χ1v) is 6.44. The minimum atomic E-state index is 0.238. The first-order valence-electron chi connectivity index (χ1n) is 6.44. The molecule has 3 nitrogen and oxygen atoms in total. The molecule has 0 amide bonds. The van der Waals surface area contributed by atoms with Gasteiger partial charge in [-0.05, 0) is 34.1 Å². The number of hydrogen-bond acceptors (Lipinski definition) is 3. The summed E-state index contributed by atoms with van der Waals surface area (Å²) in [6.07, 6.45) is 1.70. The maximum absolute atomic E-state index is 5.73. The fourth-order valence-corrected chi connectivity index (χ4v) is 1.89. The number of rotatable bonds is 5. The topological polar surface area (TPSA) is 21.7 Å². The molecule has 96 valence electrons. The molecule has 1 heterocycles. The Bertz CT molecular complexity index is 204. The van der Waals surface area contributed by atoms with Crippen LogP contribution in [0.5, 0.6) is 0 Å². The Morgan fingerprint density at radius 1 is 1.44 bits per heavy atom. The number of nitrogens with zero attached hydrogens (tertiary/aromatic N) is 1. The van der Waals surface area contributed by atoms with Gasteiger partial charge in [-0.25, -0.2) is 0 Å². The smallest absolute Gasteiger partial charge is 0.0935 e. The highest BCUT2D eigenvalue weighted by Gasteiger charge is 2.30. The third kappa shape index (κ3) is 4.04. The van der Waals surface area contributed by atoms with E-state index in [1.807, 2.05) is 0 Å². The van der Waals surface area contributed by atoms with E-state index < -0.39 is 0 Å². The molecule has 1 aliphatic rings. The summed E-state index contributed by atoms with van der Waals surface area (Å²) in [6, 6.07) is 0. The van der Waals surface area contributed by atoms with Crippen LogP contribution in [-0.2, 0) is 9.47 Å². The van der Waals surface area contributed by atoms with Crippen LogP contribution < -0.4 is 0 Å². The molecule has 0 N–H and O–H groups in total. The molecule has 0 radical (unpaired) electrons. The van der Waals surface area contributed by atoms with Gasteiger partial charge in [0.1, 0.15) is 0 Å². The van der Waals surface area contributed by atoms with Crippen LogP contribution in [0, 0.1) is 0 Å². The normalized spacial score (nSPS) is 24.0. The molecule has 0 aromatic heterocycles. The highest BCUT2D eigenvalue weighted by atomic mass is 16.5. The summed E-state index contributed by atoms with van der Waals surface area (Å²) in [6.45, 7) is 14.6. The van der Waals surface area contributed by atoms with E-state index in [2.05, 4.69) is 39.5 Å². The van der Waals surface area contributed by atoms with Crippen LogP contribution in [0.15, 0.2) is 0 Å². The summed E-state index contributed by atoms with van der Waals surface area (Å²) in [5.41, 5.74) is 0.278. The lowest BCUT2D eigenvalue weighted by Crippen LogP contribution is -2.53. The van der Waals surface area contributed by atoms with Gasteiger partial charge in [-0.2, -0.15) is 0 Å². The zero-order valence-corrected chi connectivity index (χ0v) is 11.5. The SMILES string of the molecule is CCC(C)(C)N1CCOC(COC(C)C)C1. The van der Waals surface area contributed by atoms with Gasteiger partial charge in [0.05, 0.1) is 25.4 Å². The van der Waals surface area contributed by atoms with Crippen molar-refractivity contribution in [2.45, 2.75) is 58.8 Å². The Kier molecular flexibility index (Phi) is 5.22. The van der Waals surface area contributed by atoms with Crippen LogP contribution >= 0.6 is 0 Å². The lowest BCUT2D eigenvalue weighted by molar-refractivity contribution is -0.100. The van der Waals surface area contributed by atoms with Crippen molar-refractivity contribution in [1.82, 2.24) is 4.90 Å². The van der Waals surface area contributed by atoms with Gasteiger partial charge in [0.2, 0.25) is 0 Å². The maximum atomic E-state index is 5.73. The van der Waals surface area contributed by atoms with Gasteiger partial charge in [0.25, 0.3) is 0 Å². The first kappa shape index (κ1) is 13.9. The van der Waals surface area contributed by atoms with E-state index in [0.717, 1.165) is 19.7 Å². The Balaban J connectivity index is 2.41. The fourth-order valence-electron chi connectivity index (χ4n) is 1.89. The van der Waals surface area contributed by atoms with E-state index in [1.165, 1.54) is 6.42 Å². The van der Waals surface area contributed by atoms with Crippen LogP contribution in [0.4, 0.5) is 0 Å². The summed E-state index contributed by atoms with van der Waals surface area (Å²) in [7, 11) is 0. The van der Waals surface area contributed by atoms with E-state index >= 15 is 0 Å². The van der Waals surface area contributed by atoms with Gasteiger partial charge in [-0.1, -0.05) is 6.92 Å². The molecular formula is C13H27NO2. The van der Waals surface area contributed by atoms with Crippen molar-refractivity contribution in [3.05, 3.63) is 0 Å². The third-order valence-corrected chi connectivity index (χ3v) is 3.48. The van der Waals surface area contributed by atoms with E-state index in [0.29, 0.717) is 6.61 Å². The molecule has 16 heavy (non-hydrogen) atoms. The van der Waals surface area contributed by atoms with Gasteiger partial charge in [0, 0.05) is 18.6 Å². The predicted octanol–water partition coefficient (Wildman–Crippen LogP) is 2.30. The Labute approximate surface area is 100 Å². The minimum absolute atomic E-state index is 0.238. The van der Waals surface area contributed by atoms with Crippen molar-refractivity contribution in [2.24, 2.45) is 0 Å². The van der Waals surface area contributed by atoms with Gasteiger partial charge in [-0.3, -0.25) is 4.90 Å². The van der Waals surface area contributed by atoms with Gasteiger partial charge < -0.3 is 9.47 Å². The molecule has 0 bridgehead atoms. The Hall–Kier alpha value is -0.120. The van der Waals surface area contributed by atoms with Crippen LogP contribution in [-0.4, -0.2) is 49.0 Å². The largest absolute Gasteiger partial charge is 0.376 e. The molecule has 0 aromatic carbocycles. The standard InChI is InChI=1S/C13H27NO2/c1-6-13(4,5)14-7-8-15-12(9-14)10-16-11(2)3/h11-12H,6-10H2,1-5H3. The Morgan fingerprint density at radius 2 is 2.12 bits per heavy atom. The van der Waals surface area contributed by atoms with E-state index in [-0.39, 0.29) is 17.7 Å². The van der Waals surface area contributed by atoms with Crippen LogP contribution in [0.2, 0.25) is 0 Å². The quantitative estimate of drug-likeness (QED) is 0.722. The molecular weight excluding hydrogens is 202 g/mol. The van der Waals surface area contributed by atoms with Crippen molar-refractivity contribution < 1.29 is 9.47 Å². The van der Waals surface area contributed by atoms with Crippen molar-refractivity contribution in [3.63, 3.8) is 0 Å². The van der Waals surface area contributed by atoms with Crippen molar-refractivity contribution in [3.8, 4) is 0 Å². The van der Waals surface area contributed by atoms with E-state index in [9.17, 15) is 0 Å². The molecule has 0 saturated carbocycles. The van der Waals surface area contributed by atoms with Crippen molar-refractivity contribution >= 4 is 0 Å². The second-order valence-electron chi connectivity index (χ2n) is 5.49. The summed E-state index contributed by atoms with van der Waals surface area (Å²) in [5.74, 6) is 0. The van der Waals surface area contributed by atoms with Crippen molar-refractivity contribution in [1.29, 1.82) is 0 Å². The van der Waals surface area contributed by atoms with Crippen LogP contribution in [0.25, 0.3) is 0 Å². The zero-order valence-electron chi connectivity index (χ0n) is 11.5. The lowest BCUT2D eigenvalue weighted by atomic mass is 9.98. The second kappa shape index (κ2) is 5.99. The van der Waals surface area contributed by atoms with Gasteiger partial charge >= 0.3 is 0 Å². The zero-order chi connectivity index (χ0) is 12.2. The average molecular weight is 229 g/mol. The lowest BCUT2D eigenvalue weighted by Gasteiger charge is -2.43. The summed E-state index contributed by atoms with van der Waals surface area (Å²) in [4.78, 5) is 2.52. The van der Waals surface area contributed by atoms with Crippen LogP contribution in [0.1, 0.15) is 41.0 Å². The molecule has 1 unspecified atom stereocenters. The molecule has 1 atom stereocenters. The molecule has 3 heteroatoms. The maximum Gasteiger partial charge on any atom is 0.0935 e. The average Bonchev–Trinajstić information content (AvgIpc) is 2.27. The van der Waals surface area contributed by atoms with Gasteiger partial charge in [-0.15, -0.1) is 0 Å². The minimum Gasteiger partial charge on any atom is -0.376 e. The number of morpholine rings is 1. The monoisotopic (exact) mass is 229 g/mol. The molecule has 0 spiro atoms.